The van der Waals surface area contributed by atoms with Crippen molar-refractivity contribution in [1.29, 1.82) is 0 Å². The van der Waals surface area contributed by atoms with Gasteiger partial charge in [0.25, 0.3) is 0 Å². The number of aromatic nitrogens is 3. The molecule has 1 saturated heterocycles. The summed E-state index contributed by atoms with van der Waals surface area (Å²) in [6, 6.07) is 0. The molecule has 2 aliphatic rings. The zero-order chi connectivity index (χ0) is 19.8. The lowest BCUT2D eigenvalue weighted by atomic mass is 9.99. The van der Waals surface area contributed by atoms with E-state index in [-0.39, 0.29) is 0 Å². The van der Waals surface area contributed by atoms with Crippen molar-refractivity contribution in [2.75, 3.05) is 44.7 Å². The number of aryl methyl sites for hydroxylation is 1. The van der Waals surface area contributed by atoms with Crippen LogP contribution in [0, 0.1) is 5.92 Å². The van der Waals surface area contributed by atoms with E-state index in [9.17, 15) is 0 Å². The van der Waals surface area contributed by atoms with Gasteiger partial charge in [0.15, 0.2) is 0 Å². The minimum Gasteiger partial charge on any atom is -0.379 e. The van der Waals surface area contributed by atoms with E-state index < -0.39 is 0 Å². The SMILES string of the molecule is CC(C)Cc1nc2sc3c(NCCN4CCOCC4)ncnc3c2c2c1CCC2. The Kier molecular flexibility index (Phi) is 5.37. The van der Waals surface area contributed by atoms with Gasteiger partial charge >= 0.3 is 0 Å². The van der Waals surface area contributed by atoms with E-state index >= 15 is 0 Å². The van der Waals surface area contributed by atoms with Gasteiger partial charge in [-0.3, -0.25) is 4.90 Å². The molecule has 29 heavy (non-hydrogen) atoms. The Hall–Kier alpha value is -1.83. The van der Waals surface area contributed by atoms with Crippen molar-refractivity contribution in [1.82, 2.24) is 19.9 Å². The van der Waals surface area contributed by atoms with Gasteiger partial charge in [-0.25, -0.2) is 15.0 Å². The van der Waals surface area contributed by atoms with Crippen molar-refractivity contribution < 1.29 is 4.74 Å². The summed E-state index contributed by atoms with van der Waals surface area (Å²) in [5.41, 5.74) is 5.37. The van der Waals surface area contributed by atoms with Crippen molar-refractivity contribution in [3.63, 3.8) is 0 Å². The molecule has 1 aliphatic carbocycles. The summed E-state index contributed by atoms with van der Waals surface area (Å²) in [7, 11) is 0. The number of nitrogens with zero attached hydrogens (tertiary/aromatic N) is 4. The molecule has 3 aromatic rings. The Bertz CT molecular complexity index is 1030. The number of anilines is 1. The molecule has 0 saturated carbocycles. The van der Waals surface area contributed by atoms with Crippen molar-refractivity contribution >= 4 is 37.6 Å². The van der Waals surface area contributed by atoms with Crippen molar-refractivity contribution in [2.24, 2.45) is 5.92 Å². The second-order valence-electron chi connectivity index (χ2n) is 8.53. The van der Waals surface area contributed by atoms with Gasteiger partial charge in [0.1, 0.15) is 17.0 Å². The fraction of sp³-hybridized carbons (Fsp3) is 0.591. The van der Waals surface area contributed by atoms with Crippen LogP contribution in [0.3, 0.4) is 0 Å². The number of thiophene rings is 1. The molecule has 0 unspecified atom stereocenters. The fourth-order valence-corrected chi connectivity index (χ4v) is 5.76. The smallest absolute Gasteiger partial charge is 0.147 e. The van der Waals surface area contributed by atoms with Crippen molar-refractivity contribution in [2.45, 2.75) is 39.5 Å². The molecule has 0 bridgehead atoms. The van der Waals surface area contributed by atoms with Crippen LogP contribution in [-0.4, -0.2) is 59.2 Å². The van der Waals surface area contributed by atoms with Crippen LogP contribution in [0.2, 0.25) is 0 Å². The number of nitrogens with one attached hydrogen (secondary N) is 1. The fourth-order valence-electron chi connectivity index (χ4n) is 4.61. The van der Waals surface area contributed by atoms with Crippen LogP contribution < -0.4 is 5.32 Å². The van der Waals surface area contributed by atoms with E-state index in [0.29, 0.717) is 5.92 Å². The Labute approximate surface area is 175 Å². The number of ether oxygens (including phenoxy) is 1. The predicted molar refractivity (Wildman–Crippen MR) is 119 cm³/mol. The van der Waals surface area contributed by atoms with Crippen LogP contribution in [0.15, 0.2) is 6.33 Å². The number of pyridine rings is 1. The summed E-state index contributed by atoms with van der Waals surface area (Å²) < 4.78 is 6.58. The second kappa shape index (κ2) is 8.13. The van der Waals surface area contributed by atoms with Gasteiger partial charge < -0.3 is 10.1 Å². The third-order valence-corrected chi connectivity index (χ3v) is 7.06. The molecule has 0 spiro atoms. The first-order valence-corrected chi connectivity index (χ1v) is 11.6. The lowest BCUT2D eigenvalue weighted by Crippen LogP contribution is -2.39. The van der Waals surface area contributed by atoms with Gasteiger partial charge in [-0.05, 0) is 42.7 Å². The Morgan fingerprint density at radius 3 is 2.83 bits per heavy atom. The molecule has 0 radical (unpaired) electrons. The van der Waals surface area contributed by atoms with Crippen LogP contribution in [0.25, 0.3) is 20.4 Å². The molecule has 1 N–H and O–H groups in total. The number of hydrogen-bond donors (Lipinski definition) is 1. The van der Waals surface area contributed by atoms with Gasteiger partial charge in [-0.1, -0.05) is 13.8 Å². The predicted octanol–water partition coefficient (Wildman–Crippen LogP) is 3.67. The summed E-state index contributed by atoms with van der Waals surface area (Å²) in [6.07, 6.45) is 6.30. The minimum atomic E-state index is 0.622. The highest BCUT2D eigenvalue weighted by Crippen LogP contribution is 2.41. The highest BCUT2D eigenvalue weighted by Gasteiger charge is 2.24. The summed E-state index contributed by atoms with van der Waals surface area (Å²) in [5.74, 6) is 1.57. The van der Waals surface area contributed by atoms with Gasteiger partial charge in [-0.15, -0.1) is 11.3 Å². The lowest BCUT2D eigenvalue weighted by Gasteiger charge is -2.26. The summed E-state index contributed by atoms with van der Waals surface area (Å²) in [6.45, 7) is 10.1. The molecular formula is C22H29N5OS. The largest absolute Gasteiger partial charge is 0.379 e. The maximum absolute atomic E-state index is 5.44. The minimum absolute atomic E-state index is 0.622. The average molecular weight is 412 g/mol. The van der Waals surface area contributed by atoms with Gasteiger partial charge in [0.05, 0.1) is 23.4 Å². The average Bonchev–Trinajstić information content (AvgIpc) is 3.33. The molecule has 1 fully saturated rings. The molecule has 0 amide bonds. The Balaban J connectivity index is 1.48. The van der Waals surface area contributed by atoms with E-state index in [4.69, 9.17) is 9.72 Å². The number of morpholine rings is 1. The third kappa shape index (κ3) is 3.71. The monoisotopic (exact) mass is 411 g/mol. The molecule has 3 aromatic heterocycles. The number of rotatable bonds is 6. The lowest BCUT2D eigenvalue weighted by molar-refractivity contribution is 0.0398. The van der Waals surface area contributed by atoms with Gasteiger partial charge in [-0.2, -0.15) is 0 Å². The first-order chi connectivity index (χ1) is 14.2. The van der Waals surface area contributed by atoms with Crippen LogP contribution in [0.1, 0.15) is 37.1 Å². The van der Waals surface area contributed by atoms with Crippen LogP contribution >= 0.6 is 11.3 Å². The van der Waals surface area contributed by atoms with Gasteiger partial charge in [0, 0.05) is 37.3 Å². The zero-order valence-corrected chi connectivity index (χ0v) is 18.1. The van der Waals surface area contributed by atoms with E-state index in [1.165, 1.54) is 28.6 Å². The molecule has 7 heteroatoms. The topological polar surface area (TPSA) is 63.2 Å². The highest BCUT2D eigenvalue weighted by atomic mass is 32.1. The van der Waals surface area contributed by atoms with Crippen LogP contribution in [-0.2, 0) is 24.0 Å². The molecular weight excluding hydrogens is 382 g/mol. The molecule has 5 rings (SSSR count). The van der Waals surface area contributed by atoms with Crippen LogP contribution in [0.5, 0.6) is 0 Å². The number of hydrogen-bond acceptors (Lipinski definition) is 7. The Morgan fingerprint density at radius 1 is 1.17 bits per heavy atom. The van der Waals surface area contributed by atoms with E-state index in [0.717, 1.165) is 79.5 Å². The van der Waals surface area contributed by atoms with Gasteiger partial charge in [0.2, 0.25) is 0 Å². The molecule has 6 nitrogen and oxygen atoms in total. The third-order valence-electron chi connectivity index (χ3n) is 5.98. The second-order valence-corrected chi connectivity index (χ2v) is 9.53. The first-order valence-electron chi connectivity index (χ1n) is 10.8. The maximum Gasteiger partial charge on any atom is 0.147 e. The first kappa shape index (κ1) is 19.2. The summed E-state index contributed by atoms with van der Waals surface area (Å²) >= 11 is 1.75. The van der Waals surface area contributed by atoms with Crippen molar-refractivity contribution in [3.8, 4) is 0 Å². The molecule has 0 aromatic carbocycles. The quantitative estimate of drug-likeness (QED) is 0.668. The summed E-state index contributed by atoms with van der Waals surface area (Å²) in [5, 5.41) is 4.84. The molecule has 1 aliphatic heterocycles. The highest BCUT2D eigenvalue weighted by molar-refractivity contribution is 7.26. The normalized spacial score (nSPS) is 17.5. The van der Waals surface area contributed by atoms with E-state index in [1.54, 1.807) is 17.7 Å². The standard InChI is InChI=1S/C22H29N5OS/c1-14(2)12-17-15-4-3-5-16(15)18-19-20(29-22(18)26-17)21(25-13-24-19)23-6-7-27-8-10-28-11-9-27/h13-14H,3-12H2,1-2H3,(H,23,24,25). The molecule has 4 heterocycles. The maximum atomic E-state index is 5.44. The zero-order valence-electron chi connectivity index (χ0n) is 17.3. The summed E-state index contributed by atoms with van der Waals surface area (Å²) in [4.78, 5) is 17.9. The van der Waals surface area contributed by atoms with E-state index in [2.05, 4.69) is 34.0 Å². The molecule has 154 valence electrons. The van der Waals surface area contributed by atoms with E-state index in [1.807, 2.05) is 0 Å². The Morgan fingerprint density at radius 2 is 2.00 bits per heavy atom. The van der Waals surface area contributed by atoms with Crippen molar-refractivity contribution in [3.05, 3.63) is 23.1 Å². The molecule has 0 atom stereocenters. The number of fused-ring (bicyclic) bond motifs is 5. The van der Waals surface area contributed by atoms with Crippen LogP contribution in [0.4, 0.5) is 5.82 Å².